The number of halogens is 1. The molecular formula is C25H19ClO6S. The number of allylic oxidation sites excluding steroid dienone is 2. The normalized spacial score (nSPS) is 17.2. The summed E-state index contributed by atoms with van der Waals surface area (Å²) in [6, 6.07) is 26.5. The van der Waals surface area contributed by atoms with Gasteiger partial charge in [0.1, 0.15) is 20.4 Å². The molecule has 168 valence electrons. The van der Waals surface area contributed by atoms with E-state index in [1.54, 1.807) is 103 Å². The molecule has 8 heteroatoms. The minimum atomic E-state index is -4.75. The van der Waals surface area contributed by atoms with Crippen LogP contribution in [0.2, 0.25) is 0 Å². The van der Waals surface area contributed by atoms with Crippen molar-refractivity contribution in [3.05, 3.63) is 125 Å². The largest absolute Gasteiger partial charge is 0.481 e. The molecule has 0 spiro atoms. The van der Waals surface area contributed by atoms with Crippen LogP contribution in [0.25, 0.3) is 4.91 Å². The van der Waals surface area contributed by atoms with Crippen molar-refractivity contribution in [3.63, 3.8) is 0 Å². The van der Waals surface area contributed by atoms with Crippen molar-refractivity contribution in [1.29, 1.82) is 0 Å². The molecule has 1 aliphatic heterocycles. The minimum absolute atomic E-state index is 0.404. The highest BCUT2D eigenvalue weighted by molar-refractivity contribution is 8.20. The fraction of sp³-hybridized carbons (Fsp3) is 0.0400. The molecule has 4 rings (SSSR count). The van der Waals surface area contributed by atoms with Crippen molar-refractivity contribution in [1.82, 2.24) is 0 Å². The quantitative estimate of drug-likeness (QED) is 0.516. The molecule has 0 fully saturated rings. The first-order valence-electron chi connectivity index (χ1n) is 9.87. The van der Waals surface area contributed by atoms with E-state index in [1.165, 1.54) is 0 Å². The Morgan fingerprint density at radius 3 is 1.82 bits per heavy atom. The van der Waals surface area contributed by atoms with Gasteiger partial charge in [-0.1, -0.05) is 91.0 Å². The zero-order valence-corrected chi connectivity index (χ0v) is 18.7. The van der Waals surface area contributed by atoms with Crippen molar-refractivity contribution >= 4 is 26.5 Å². The molecule has 2 atom stereocenters. The standard InChI is InChI=1S/C25H19ClO6S/c27-25(28)24(20-14-8-3-9-15-20)21-16-22(18-10-4-1-5-11-18)33(32-26(29,30)31)23(17-21)19-12-6-2-7-13-19/h1-17,24H,(H,27,28). The lowest BCUT2D eigenvalue weighted by atomic mass is 9.89. The van der Waals surface area contributed by atoms with Gasteiger partial charge in [-0.05, 0) is 34.4 Å². The van der Waals surface area contributed by atoms with E-state index in [-0.39, 0.29) is 0 Å². The highest BCUT2D eigenvalue weighted by Gasteiger charge is 2.34. The van der Waals surface area contributed by atoms with E-state index in [0.29, 0.717) is 32.0 Å². The van der Waals surface area contributed by atoms with Gasteiger partial charge in [0.15, 0.2) is 0 Å². The zero-order chi connectivity index (χ0) is 23.4. The van der Waals surface area contributed by atoms with Crippen LogP contribution >= 0.6 is 10.8 Å². The van der Waals surface area contributed by atoms with E-state index >= 15 is 0 Å². The van der Waals surface area contributed by atoms with Crippen LogP contribution in [-0.2, 0) is 8.53 Å². The highest BCUT2D eigenvalue weighted by Crippen LogP contribution is 2.45. The molecule has 3 aromatic carbocycles. The van der Waals surface area contributed by atoms with Crippen LogP contribution in [-0.4, -0.2) is 15.9 Å². The summed E-state index contributed by atoms with van der Waals surface area (Å²) >= 11 is 0. The third-order valence-electron chi connectivity index (χ3n) is 4.96. The van der Waals surface area contributed by atoms with E-state index in [1.807, 2.05) is 0 Å². The van der Waals surface area contributed by atoms with E-state index < -0.39 is 32.9 Å². The topological polar surface area (TPSA) is 116 Å². The molecule has 0 bridgehead atoms. The Bertz CT molecular complexity index is 1230. The second-order valence-corrected chi connectivity index (χ2v) is 9.82. The van der Waals surface area contributed by atoms with Crippen LogP contribution in [0.4, 0.5) is 0 Å². The zero-order valence-electron chi connectivity index (χ0n) is 17.2. The summed E-state index contributed by atoms with van der Waals surface area (Å²) in [6.45, 7) is 0. The molecule has 0 radical (unpaired) electrons. The van der Waals surface area contributed by atoms with Crippen LogP contribution in [0.5, 0.6) is 0 Å². The summed E-state index contributed by atoms with van der Waals surface area (Å²) in [5.41, 5.74) is 2.26. The third kappa shape index (κ3) is 5.48. The molecular weight excluding hydrogens is 464 g/mol. The number of carboxylic acids is 1. The molecule has 0 saturated heterocycles. The fourth-order valence-electron chi connectivity index (χ4n) is 3.59. The third-order valence-corrected chi connectivity index (χ3v) is 7.59. The Labute approximate surface area is 195 Å². The molecule has 2 unspecified atom stereocenters. The monoisotopic (exact) mass is 482 g/mol. The van der Waals surface area contributed by atoms with E-state index in [9.17, 15) is 23.9 Å². The highest BCUT2D eigenvalue weighted by atomic mass is 35.7. The predicted octanol–water partition coefficient (Wildman–Crippen LogP) is 2.15. The molecule has 0 aromatic heterocycles. The van der Waals surface area contributed by atoms with Gasteiger partial charge in [-0.15, -0.1) is 0 Å². The number of carboxylic acid groups (broad SMARTS) is 1. The van der Waals surface area contributed by atoms with Gasteiger partial charge in [0, 0.05) is 0 Å². The number of aliphatic carboxylic acids is 1. The second kappa shape index (κ2) is 9.84. The average molecular weight is 483 g/mol. The number of rotatable bonds is 7. The Kier molecular flexibility index (Phi) is 6.90. The molecule has 1 heterocycles. The molecule has 1 aliphatic rings. The summed E-state index contributed by atoms with van der Waals surface area (Å²) < 4.78 is 40.0. The Morgan fingerprint density at radius 1 is 0.788 bits per heavy atom. The predicted molar refractivity (Wildman–Crippen MR) is 119 cm³/mol. The Hall–Kier alpha value is -3.04. The van der Waals surface area contributed by atoms with Crippen LogP contribution in [0.3, 0.4) is 0 Å². The lowest BCUT2D eigenvalue weighted by molar-refractivity contribution is -1.91. The van der Waals surface area contributed by atoms with Crippen molar-refractivity contribution in [3.8, 4) is 0 Å². The van der Waals surface area contributed by atoms with Gasteiger partial charge in [-0.2, -0.15) is 14.0 Å². The SMILES string of the molecule is O=C(O)C(C1=CC(c2ccccc2)=S(O[Cl+3]([O-])([O-])[O-])C(c2ccccc2)=C1)c1ccccc1. The fourth-order valence-corrected chi connectivity index (χ4v) is 6.17. The first-order chi connectivity index (χ1) is 15.8. The molecule has 0 saturated carbocycles. The summed E-state index contributed by atoms with van der Waals surface area (Å²) in [4.78, 5) is 13.1. The van der Waals surface area contributed by atoms with Crippen LogP contribution in [0, 0.1) is 10.2 Å². The summed E-state index contributed by atoms with van der Waals surface area (Å²) in [5.74, 6) is -2.06. The summed E-state index contributed by atoms with van der Waals surface area (Å²) in [6.07, 6.45) is 3.22. The van der Waals surface area contributed by atoms with E-state index in [4.69, 9.17) is 3.74 Å². The van der Waals surface area contributed by atoms with E-state index in [0.717, 1.165) is 0 Å². The molecule has 0 aliphatic carbocycles. The number of benzene rings is 3. The number of hydrogen-bond acceptors (Lipinski definition) is 5. The van der Waals surface area contributed by atoms with Crippen LogP contribution < -0.4 is 14.0 Å². The molecule has 33 heavy (non-hydrogen) atoms. The smallest absolute Gasteiger partial charge is 0.315 e. The van der Waals surface area contributed by atoms with Gasteiger partial charge < -0.3 is 5.11 Å². The lowest BCUT2D eigenvalue weighted by Gasteiger charge is -2.24. The maximum absolute atomic E-state index is 12.3. The lowest BCUT2D eigenvalue weighted by Crippen LogP contribution is -2.60. The Morgan fingerprint density at radius 2 is 1.30 bits per heavy atom. The number of hydrogen-bond donors (Lipinski definition) is 1. The van der Waals surface area contributed by atoms with Crippen molar-refractivity contribution in [2.45, 2.75) is 5.92 Å². The van der Waals surface area contributed by atoms with Gasteiger partial charge in [0.25, 0.3) is 0 Å². The van der Waals surface area contributed by atoms with Crippen LogP contribution in [0.15, 0.2) is 109 Å². The molecule has 1 N–H and O–H groups in total. The second-order valence-electron chi connectivity index (χ2n) is 7.14. The molecule has 0 amide bonds. The van der Waals surface area contributed by atoms with Crippen molar-refractivity contribution in [2.24, 2.45) is 0 Å². The molecule has 6 nitrogen and oxygen atoms in total. The number of carbonyl (C=O) groups is 1. The maximum Gasteiger partial charge on any atom is 0.315 e. The summed E-state index contributed by atoms with van der Waals surface area (Å²) in [5, 5.41) is 10.1. The first-order valence-corrected chi connectivity index (χ1v) is 12.3. The first kappa shape index (κ1) is 23.1. The van der Waals surface area contributed by atoms with Gasteiger partial charge in [0.05, 0.1) is 20.0 Å². The van der Waals surface area contributed by atoms with E-state index in [2.05, 4.69) is 0 Å². The van der Waals surface area contributed by atoms with Crippen molar-refractivity contribution in [2.75, 3.05) is 0 Å². The van der Waals surface area contributed by atoms with Crippen molar-refractivity contribution < 1.29 is 37.9 Å². The minimum Gasteiger partial charge on any atom is -0.481 e. The summed E-state index contributed by atoms with van der Waals surface area (Å²) in [7, 11) is -6.35. The van der Waals surface area contributed by atoms with Gasteiger partial charge in [-0.25, -0.2) is 0 Å². The Balaban J connectivity index is 2.00. The molecule has 3 aromatic rings. The van der Waals surface area contributed by atoms with Gasteiger partial charge in [0.2, 0.25) is 0 Å². The van der Waals surface area contributed by atoms with Crippen LogP contribution in [0.1, 0.15) is 22.6 Å². The van der Waals surface area contributed by atoms with Gasteiger partial charge >= 0.3 is 5.97 Å². The van der Waals surface area contributed by atoms with Gasteiger partial charge in [-0.3, -0.25) is 4.79 Å². The maximum atomic E-state index is 12.3. The average Bonchev–Trinajstić information content (AvgIpc) is 2.80.